The normalized spacial score (nSPS) is 14.9. The molecular formula is C13H25NO4. The van der Waals surface area contributed by atoms with Gasteiger partial charge in [-0.2, -0.15) is 0 Å². The predicted molar refractivity (Wildman–Crippen MR) is 69.2 cm³/mol. The van der Waals surface area contributed by atoms with E-state index in [4.69, 9.17) is 4.74 Å². The number of hydrogen-bond acceptors (Lipinski definition) is 4. The van der Waals surface area contributed by atoms with Gasteiger partial charge < -0.3 is 14.8 Å². The summed E-state index contributed by atoms with van der Waals surface area (Å²) < 4.78 is 9.87. The number of rotatable bonds is 4. The first-order valence-corrected chi connectivity index (χ1v) is 6.14. The van der Waals surface area contributed by atoms with Crippen LogP contribution in [-0.4, -0.2) is 31.3 Å². The molecule has 106 valence electrons. The second-order valence-corrected chi connectivity index (χ2v) is 5.80. The van der Waals surface area contributed by atoms with Gasteiger partial charge in [0.15, 0.2) is 0 Å². The Balaban J connectivity index is 4.64. The molecule has 5 heteroatoms. The van der Waals surface area contributed by atoms with Crippen LogP contribution in [0, 0.1) is 11.3 Å². The number of nitrogens with one attached hydrogen (secondary N) is 1. The average molecular weight is 259 g/mol. The second kappa shape index (κ2) is 6.61. The first-order chi connectivity index (χ1) is 8.09. The molecular weight excluding hydrogens is 234 g/mol. The third-order valence-corrected chi connectivity index (χ3v) is 2.89. The molecule has 0 spiro atoms. The smallest absolute Gasteiger partial charge is 0.407 e. The minimum Gasteiger partial charge on any atom is -0.461 e. The van der Waals surface area contributed by atoms with Gasteiger partial charge in [-0.1, -0.05) is 34.6 Å². The lowest BCUT2D eigenvalue weighted by atomic mass is 9.90. The third-order valence-electron chi connectivity index (χ3n) is 2.89. The van der Waals surface area contributed by atoms with Gasteiger partial charge in [0, 0.05) is 0 Å². The SMILES string of the molecule is COC(=O)NC(C(=O)OC(C)C(C)(C)C)C(C)C. The van der Waals surface area contributed by atoms with Crippen LogP contribution in [0.15, 0.2) is 0 Å². The van der Waals surface area contributed by atoms with E-state index in [-0.39, 0.29) is 17.4 Å². The number of hydrogen-bond donors (Lipinski definition) is 1. The van der Waals surface area contributed by atoms with Crippen LogP contribution in [0.5, 0.6) is 0 Å². The Kier molecular flexibility index (Phi) is 6.15. The number of alkyl carbamates (subject to hydrolysis) is 1. The first-order valence-electron chi connectivity index (χ1n) is 6.14. The maximum atomic E-state index is 12.0. The van der Waals surface area contributed by atoms with Crippen molar-refractivity contribution in [3.63, 3.8) is 0 Å². The van der Waals surface area contributed by atoms with Gasteiger partial charge in [0.05, 0.1) is 7.11 Å². The second-order valence-electron chi connectivity index (χ2n) is 5.80. The molecule has 0 saturated carbocycles. The summed E-state index contributed by atoms with van der Waals surface area (Å²) in [5.74, 6) is -0.499. The van der Waals surface area contributed by atoms with E-state index >= 15 is 0 Å². The number of esters is 1. The molecule has 0 rings (SSSR count). The van der Waals surface area contributed by atoms with Crippen LogP contribution in [0.25, 0.3) is 0 Å². The van der Waals surface area contributed by atoms with Crippen LogP contribution in [0.2, 0.25) is 0 Å². The highest BCUT2D eigenvalue weighted by atomic mass is 16.6. The van der Waals surface area contributed by atoms with E-state index in [9.17, 15) is 9.59 Å². The first kappa shape index (κ1) is 16.7. The van der Waals surface area contributed by atoms with Gasteiger partial charge in [-0.25, -0.2) is 9.59 Å². The highest BCUT2D eigenvalue weighted by Crippen LogP contribution is 2.22. The minimum absolute atomic E-state index is 0.0660. The van der Waals surface area contributed by atoms with E-state index in [1.807, 2.05) is 41.5 Å². The predicted octanol–water partition coefficient (Wildman–Crippen LogP) is 2.34. The number of amides is 1. The molecule has 18 heavy (non-hydrogen) atoms. The Bertz CT molecular complexity index is 294. The van der Waals surface area contributed by atoms with E-state index in [0.29, 0.717) is 0 Å². The van der Waals surface area contributed by atoms with Crippen LogP contribution in [0.3, 0.4) is 0 Å². The number of carbonyl (C=O) groups excluding carboxylic acids is 2. The summed E-state index contributed by atoms with van der Waals surface area (Å²) in [5, 5.41) is 2.49. The Morgan fingerprint density at radius 1 is 1.11 bits per heavy atom. The average Bonchev–Trinajstić information content (AvgIpc) is 2.23. The van der Waals surface area contributed by atoms with Gasteiger partial charge >= 0.3 is 12.1 Å². The minimum atomic E-state index is -0.692. The zero-order valence-corrected chi connectivity index (χ0v) is 12.4. The molecule has 0 aromatic carbocycles. The van der Waals surface area contributed by atoms with Crippen LogP contribution in [0.1, 0.15) is 41.5 Å². The van der Waals surface area contributed by atoms with Crippen molar-refractivity contribution in [2.24, 2.45) is 11.3 Å². The monoisotopic (exact) mass is 259 g/mol. The topological polar surface area (TPSA) is 64.6 Å². The zero-order valence-electron chi connectivity index (χ0n) is 12.4. The molecule has 1 amide bonds. The van der Waals surface area contributed by atoms with E-state index in [1.54, 1.807) is 0 Å². The third kappa shape index (κ3) is 5.38. The molecule has 0 bridgehead atoms. The van der Waals surface area contributed by atoms with Gasteiger partial charge in [-0.3, -0.25) is 0 Å². The van der Waals surface area contributed by atoms with E-state index in [0.717, 1.165) is 0 Å². The van der Waals surface area contributed by atoms with Crippen LogP contribution >= 0.6 is 0 Å². The van der Waals surface area contributed by atoms with Gasteiger partial charge in [0.1, 0.15) is 12.1 Å². The van der Waals surface area contributed by atoms with Crippen molar-refractivity contribution < 1.29 is 19.1 Å². The molecule has 0 aromatic rings. The summed E-state index contributed by atoms with van der Waals surface area (Å²) in [5.41, 5.74) is -0.136. The maximum absolute atomic E-state index is 12.0. The molecule has 0 heterocycles. The molecule has 5 nitrogen and oxygen atoms in total. The van der Waals surface area contributed by atoms with Crippen LogP contribution < -0.4 is 5.32 Å². The van der Waals surface area contributed by atoms with Crippen molar-refractivity contribution in [3.8, 4) is 0 Å². The Morgan fingerprint density at radius 3 is 1.94 bits per heavy atom. The van der Waals surface area contributed by atoms with Crippen molar-refractivity contribution >= 4 is 12.1 Å². The zero-order chi connectivity index (χ0) is 14.5. The summed E-state index contributed by atoms with van der Waals surface area (Å²) in [6.07, 6.45) is -0.861. The molecule has 0 aliphatic rings. The summed E-state index contributed by atoms with van der Waals surface area (Å²) in [7, 11) is 1.26. The van der Waals surface area contributed by atoms with Crippen molar-refractivity contribution in [2.75, 3.05) is 7.11 Å². The van der Waals surface area contributed by atoms with Crippen LogP contribution in [0.4, 0.5) is 4.79 Å². The molecule has 0 fully saturated rings. The molecule has 2 atom stereocenters. The molecule has 0 aliphatic carbocycles. The summed E-state index contributed by atoms with van der Waals surface area (Å²) in [4.78, 5) is 23.2. The Morgan fingerprint density at radius 2 is 1.61 bits per heavy atom. The van der Waals surface area contributed by atoms with E-state index in [1.165, 1.54) is 7.11 Å². The van der Waals surface area contributed by atoms with Gasteiger partial charge in [0.25, 0.3) is 0 Å². The lowest BCUT2D eigenvalue weighted by Crippen LogP contribution is -2.47. The maximum Gasteiger partial charge on any atom is 0.407 e. The largest absolute Gasteiger partial charge is 0.461 e. The van der Waals surface area contributed by atoms with Gasteiger partial charge in [-0.15, -0.1) is 0 Å². The van der Waals surface area contributed by atoms with Crippen molar-refractivity contribution in [2.45, 2.75) is 53.7 Å². The van der Waals surface area contributed by atoms with Gasteiger partial charge in [-0.05, 0) is 18.3 Å². The standard InChI is InChI=1S/C13H25NO4/c1-8(2)10(14-12(16)17-7)11(15)18-9(3)13(4,5)6/h8-10H,1-7H3,(H,14,16). The number of ether oxygens (including phenoxy) is 2. The fraction of sp³-hybridized carbons (Fsp3) is 0.846. The quantitative estimate of drug-likeness (QED) is 0.787. The van der Waals surface area contributed by atoms with E-state index in [2.05, 4.69) is 10.1 Å². The lowest BCUT2D eigenvalue weighted by Gasteiger charge is -2.29. The van der Waals surface area contributed by atoms with Crippen molar-refractivity contribution in [3.05, 3.63) is 0 Å². The molecule has 0 aliphatic heterocycles. The lowest BCUT2D eigenvalue weighted by molar-refractivity contribution is -0.157. The summed E-state index contributed by atoms with van der Waals surface area (Å²) in [6.45, 7) is 11.5. The molecule has 2 unspecified atom stereocenters. The van der Waals surface area contributed by atoms with E-state index < -0.39 is 18.1 Å². The number of carbonyl (C=O) groups is 2. The van der Waals surface area contributed by atoms with Gasteiger partial charge in [0.2, 0.25) is 0 Å². The highest BCUT2D eigenvalue weighted by Gasteiger charge is 2.30. The highest BCUT2D eigenvalue weighted by molar-refractivity contribution is 5.81. The number of methoxy groups -OCH3 is 1. The Hall–Kier alpha value is -1.26. The summed E-state index contributed by atoms with van der Waals surface area (Å²) in [6, 6.07) is -0.692. The Labute approximate surface area is 109 Å². The molecule has 0 radical (unpaired) electrons. The molecule has 1 N–H and O–H groups in total. The van der Waals surface area contributed by atoms with Crippen LogP contribution in [-0.2, 0) is 14.3 Å². The van der Waals surface area contributed by atoms with Crippen molar-refractivity contribution in [1.82, 2.24) is 5.32 Å². The molecule has 0 saturated heterocycles. The fourth-order valence-corrected chi connectivity index (χ4v) is 1.11. The van der Waals surface area contributed by atoms with Crippen molar-refractivity contribution in [1.29, 1.82) is 0 Å². The fourth-order valence-electron chi connectivity index (χ4n) is 1.11. The summed E-state index contributed by atoms with van der Waals surface area (Å²) >= 11 is 0. The molecule has 0 aromatic heterocycles.